The van der Waals surface area contributed by atoms with Crippen LogP contribution in [0.2, 0.25) is 0 Å². The van der Waals surface area contributed by atoms with E-state index in [0.29, 0.717) is 25.0 Å². The van der Waals surface area contributed by atoms with E-state index in [1.54, 1.807) is 0 Å². The standard InChI is InChI=1S/C16H14F6N6/c1-26-2-4-27(5-3-26)14-13-23-8-24-28(13)11-7-9(6-10(17)12(11)25-14)15(18,19)16(20,21)22/h6-8H,2-5H2,1H3. The lowest BCUT2D eigenvalue weighted by Crippen LogP contribution is -2.45. The second-order valence-electron chi connectivity index (χ2n) is 6.62. The highest BCUT2D eigenvalue weighted by molar-refractivity contribution is 5.83. The molecule has 0 spiro atoms. The number of halogens is 6. The van der Waals surface area contributed by atoms with E-state index < -0.39 is 23.5 Å². The second kappa shape index (κ2) is 6.19. The Morgan fingerprint density at radius 1 is 1.00 bits per heavy atom. The zero-order valence-corrected chi connectivity index (χ0v) is 14.5. The van der Waals surface area contributed by atoms with Gasteiger partial charge in [0, 0.05) is 31.7 Å². The van der Waals surface area contributed by atoms with Gasteiger partial charge in [-0.25, -0.2) is 18.9 Å². The number of likely N-dealkylation sites (N-methyl/N-ethyl adjacent to an activating group) is 1. The van der Waals surface area contributed by atoms with Crippen molar-refractivity contribution < 1.29 is 26.3 Å². The first-order valence-corrected chi connectivity index (χ1v) is 8.31. The number of alkyl halides is 5. The topological polar surface area (TPSA) is 49.6 Å². The summed E-state index contributed by atoms with van der Waals surface area (Å²) in [5, 5.41) is 3.88. The van der Waals surface area contributed by atoms with Crippen LogP contribution < -0.4 is 4.90 Å². The Morgan fingerprint density at radius 3 is 2.32 bits per heavy atom. The van der Waals surface area contributed by atoms with Crippen molar-refractivity contribution in [1.82, 2.24) is 24.5 Å². The Morgan fingerprint density at radius 2 is 1.68 bits per heavy atom. The number of hydrogen-bond acceptors (Lipinski definition) is 5. The molecule has 1 saturated heterocycles. The summed E-state index contributed by atoms with van der Waals surface area (Å²) in [6, 6.07) is 0.716. The monoisotopic (exact) mass is 404 g/mol. The van der Waals surface area contributed by atoms with Crippen LogP contribution >= 0.6 is 0 Å². The van der Waals surface area contributed by atoms with E-state index in [-0.39, 0.29) is 22.7 Å². The highest BCUT2D eigenvalue weighted by Crippen LogP contribution is 2.44. The molecule has 1 aliphatic rings. The second-order valence-corrected chi connectivity index (χ2v) is 6.62. The molecule has 0 atom stereocenters. The molecule has 150 valence electrons. The number of anilines is 1. The van der Waals surface area contributed by atoms with Crippen molar-refractivity contribution in [3.8, 4) is 0 Å². The van der Waals surface area contributed by atoms with Crippen molar-refractivity contribution in [3.05, 3.63) is 29.8 Å². The Balaban J connectivity index is 1.92. The lowest BCUT2D eigenvalue weighted by Gasteiger charge is -2.33. The molecule has 28 heavy (non-hydrogen) atoms. The van der Waals surface area contributed by atoms with Gasteiger partial charge in [0.05, 0.1) is 5.52 Å². The molecule has 0 bridgehead atoms. The highest BCUT2D eigenvalue weighted by Gasteiger charge is 2.59. The zero-order valence-electron chi connectivity index (χ0n) is 14.5. The van der Waals surface area contributed by atoms with E-state index in [2.05, 4.69) is 20.0 Å². The number of aromatic nitrogens is 4. The van der Waals surface area contributed by atoms with Gasteiger partial charge in [-0.05, 0) is 19.2 Å². The van der Waals surface area contributed by atoms with Crippen molar-refractivity contribution in [2.45, 2.75) is 12.1 Å². The maximum Gasteiger partial charge on any atom is 0.458 e. The molecule has 1 aliphatic heterocycles. The third-order valence-corrected chi connectivity index (χ3v) is 4.76. The van der Waals surface area contributed by atoms with Crippen molar-refractivity contribution in [3.63, 3.8) is 0 Å². The minimum absolute atomic E-state index is 0.156. The van der Waals surface area contributed by atoms with Gasteiger partial charge in [-0.15, -0.1) is 0 Å². The van der Waals surface area contributed by atoms with E-state index in [4.69, 9.17) is 0 Å². The molecular weight excluding hydrogens is 390 g/mol. The largest absolute Gasteiger partial charge is 0.458 e. The number of nitrogens with zero attached hydrogens (tertiary/aromatic N) is 6. The van der Waals surface area contributed by atoms with E-state index in [1.165, 1.54) is 0 Å². The molecule has 0 radical (unpaired) electrons. The van der Waals surface area contributed by atoms with Gasteiger partial charge in [0.15, 0.2) is 17.3 Å². The van der Waals surface area contributed by atoms with E-state index in [1.807, 2.05) is 11.9 Å². The summed E-state index contributed by atoms with van der Waals surface area (Å²) >= 11 is 0. The normalized spacial score (nSPS) is 17.0. The molecule has 6 nitrogen and oxygen atoms in total. The molecule has 12 heteroatoms. The fourth-order valence-corrected chi connectivity index (χ4v) is 3.16. The summed E-state index contributed by atoms with van der Waals surface area (Å²) in [7, 11) is 1.94. The van der Waals surface area contributed by atoms with Crippen LogP contribution in [0, 0.1) is 5.82 Å². The molecule has 1 aromatic carbocycles. The van der Waals surface area contributed by atoms with Crippen molar-refractivity contribution in [1.29, 1.82) is 0 Å². The molecule has 3 heterocycles. The van der Waals surface area contributed by atoms with Crippen molar-refractivity contribution in [2.75, 3.05) is 38.1 Å². The van der Waals surface area contributed by atoms with Crippen LogP contribution in [-0.2, 0) is 5.92 Å². The number of benzene rings is 1. The fraction of sp³-hybridized carbons (Fsp3) is 0.438. The van der Waals surface area contributed by atoms with Gasteiger partial charge in [-0.1, -0.05) is 0 Å². The summed E-state index contributed by atoms with van der Waals surface area (Å²) in [4.78, 5) is 12.2. The van der Waals surface area contributed by atoms with E-state index >= 15 is 0 Å². The summed E-state index contributed by atoms with van der Waals surface area (Å²) in [6.07, 6.45) is -4.75. The van der Waals surface area contributed by atoms with Crippen molar-refractivity contribution >= 4 is 22.5 Å². The van der Waals surface area contributed by atoms with Gasteiger partial charge in [-0.2, -0.15) is 27.1 Å². The number of rotatable bonds is 2. The molecule has 1 fully saturated rings. The third kappa shape index (κ3) is 2.82. The van der Waals surface area contributed by atoms with E-state index in [9.17, 15) is 26.3 Å². The Bertz CT molecular complexity index is 1040. The van der Waals surface area contributed by atoms with Crippen LogP contribution in [0.25, 0.3) is 16.7 Å². The molecule has 0 saturated carbocycles. The molecular formula is C16H14F6N6. The molecule has 0 N–H and O–H groups in total. The molecule has 3 aromatic rings. The first-order chi connectivity index (χ1) is 13.1. The average molecular weight is 404 g/mol. The summed E-state index contributed by atoms with van der Waals surface area (Å²) in [6.45, 7) is 2.59. The van der Waals surface area contributed by atoms with Gasteiger partial charge < -0.3 is 9.80 Å². The third-order valence-electron chi connectivity index (χ3n) is 4.76. The van der Waals surface area contributed by atoms with Crippen molar-refractivity contribution in [2.24, 2.45) is 0 Å². The Hall–Kier alpha value is -2.63. The van der Waals surface area contributed by atoms with Crippen LogP contribution in [0.5, 0.6) is 0 Å². The summed E-state index contributed by atoms with van der Waals surface area (Å²) < 4.78 is 81.2. The molecule has 0 aliphatic carbocycles. The van der Waals surface area contributed by atoms with Crippen LogP contribution in [-0.4, -0.2) is 63.9 Å². The van der Waals surface area contributed by atoms with Gasteiger partial charge >= 0.3 is 12.1 Å². The van der Waals surface area contributed by atoms with Gasteiger partial charge in [-0.3, -0.25) is 0 Å². The smallest absolute Gasteiger partial charge is 0.351 e. The quantitative estimate of drug-likeness (QED) is 0.615. The summed E-state index contributed by atoms with van der Waals surface area (Å²) in [5.74, 6) is -6.21. The SMILES string of the molecule is CN1CCN(c2nc3c(F)cc(C(F)(F)C(F)(F)F)cc3n3ncnc23)CC1. The first kappa shape index (κ1) is 18.7. The molecule has 4 rings (SSSR count). The van der Waals surface area contributed by atoms with Gasteiger partial charge in [0.1, 0.15) is 11.8 Å². The minimum Gasteiger partial charge on any atom is -0.351 e. The maximum absolute atomic E-state index is 14.6. The fourth-order valence-electron chi connectivity index (χ4n) is 3.16. The van der Waals surface area contributed by atoms with Gasteiger partial charge in [0.25, 0.3) is 0 Å². The Kier molecular flexibility index (Phi) is 4.14. The lowest BCUT2D eigenvalue weighted by molar-refractivity contribution is -0.289. The lowest BCUT2D eigenvalue weighted by atomic mass is 10.1. The van der Waals surface area contributed by atoms with E-state index in [0.717, 1.165) is 23.9 Å². The molecule has 0 unspecified atom stereocenters. The molecule has 2 aromatic heterocycles. The van der Waals surface area contributed by atoms with Crippen LogP contribution in [0.4, 0.5) is 32.2 Å². The predicted molar refractivity (Wildman–Crippen MR) is 87.9 cm³/mol. The first-order valence-electron chi connectivity index (χ1n) is 8.31. The summed E-state index contributed by atoms with van der Waals surface area (Å²) in [5.41, 5.74) is -2.03. The maximum atomic E-state index is 14.6. The predicted octanol–water partition coefficient (Wildman–Crippen LogP) is 2.82. The number of fused-ring (bicyclic) bond motifs is 3. The number of piperazine rings is 1. The van der Waals surface area contributed by atoms with Crippen LogP contribution in [0.3, 0.4) is 0 Å². The zero-order chi connectivity index (χ0) is 20.3. The highest BCUT2D eigenvalue weighted by atomic mass is 19.4. The van der Waals surface area contributed by atoms with Gasteiger partial charge in [0.2, 0.25) is 0 Å². The number of hydrogen-bond donors (Lipinski definition) is 0. The Labute approximate surface area is 154 Å². The van der Waals surface area contributed by atoms with Crippen LogP contribution in [0.15, 0.2) is 18.5 Å². The average Bonchev–Trinajstić information content (AvgIpc) is 3.11. The molecule has 0 amide bonds. The van der Waals surface area contributed by atoms with Crippen LogP contribution in [0.1, 0.15) is 5.56 Å². The minimum atomic E-state index is -5.86.